The number of amides is 1. The predicted octanol–water partition coefficient (Wildman–Crippen LogP) is 5.67. The molecule has 2 aromatic heterocycles. The molecule has 34 heavy (non-hydrogen) atoms. The molecular formula is C26H19F2N3O3. The summed E-state index contributed by atoms with van der Waals surface area (Å²) in [7, 11) is 0. The first kappa shape index (κ1) is 22.6. The molecule has 0 aliphatic carbocycles. The van der Waals surface area contributed by atoms with Crippen molar-refractivity contribution < 1.29 is 23.0 Å². The highest BCUT2D eigenvalue weighted by Crippen LogP contribution is 2.25. The van der Waals surface area contributed by atoms with E-state index < -0.39 is 5.82 Å². The molecule has 4 rings (SSSR count). The number of carbonyl (C=O) groups is 1. The maximum absolute atomic E-state index is 14.3. The first-order chi connectivity index (χ1) is 16.5. The molecule has 1 amide bonds. The third kappa shape index (κ3) is 6.46. The van der Waals surface area contributed by atoms with Crippen molar-refractivity contribution in [3.63, 3.8) is 0 Å². The van der Waals surface area contributed by atoms with Crippen LogP contribution >= 0.6 is 0 Å². The summed E-state index contributed by atoms with van der Waals surface area (Å²) in [5, 5.41) is 2.73. The first-order valence-electron chi connectivity index (χ1n) is 10.3. The third-order valence-corrected chi connectivity index (χ3v) is 4.55. The van der Waals surface area contributed by atoms with Crippen molar-refractivity contribution >= 4 is 12.0 Å². The maximum Gasteiger partial charge on any atom is 0.244 e. The average molecular weight is 459 g/mol. The molecule has 6 nitrogen and oxygen atoms in total. The topological polar surface area (TPSA) is 73.3 Å². The van der Waals surface area contributed by atoms with E-state index in [0.29, 0.717) is 22.9 Å². The summed E-state index contributed by atoms with van der Waals surface area (Å²) in [6, 6.07) is 16.8. The number of aromatic nitrogens is 2. The molecule has 2 heterocycles. The lowest BCUT2D eigenvalue weighted by Gasteiger charge is -2.07. The van der Waals surface area contributed by atoms with E-state index in [1.54, 1.807) is 42.7 Å². The Morgan fingerprint density at radius 1 is 0.941 bits per heavy atom. The zero-order chi connectivity index (χ0) is 23.8. The van der Waals surface area contributed by atoms with Gasteiger partial charge >= 0.3 is 0 Å². The number of halogens is 2. The largest absolute Gasteiger partial charge is 0.453 e. The van der Waals surface area contributed by atoms with Crippen LogP contribution in [-0.2, 0) is 11.3 Å². The molecule has 0 aliphatic rings. The average Bonchev–Trinajstić information content (AvgIpc) is 2.86. The summed E-state index contributed by atoms with van der Waals surface area (Å²) in [6.07, 6.45) is 7.47. The van der Waals surface area contributed by atoms with Crippen LogP contribution in [0.25, 0.3) is 6.08 Å². The molecule has 1 N–H and O–H groups in total. The smallest absolute Gasteiger partial charge is 0.244 e. The molecule has 8 heteroatoms. The van der Waals surface area contributed by atoms with E-state index in [1.165, 1.54) is 54.7 Å². The minimum atomic E-state index is -0.555. The van der Waals surface area contributed by atoms with Crippen LogP contribution in [0.2, 0.25) is 0 Å². The van der Waals surface area contributed by atoms with E-state index in [0.717, 1.165) is 5.56 Å². The van der Waals surface area contributed by atoms with Crippen LogP contribution in [-0.4, -0.2) is 15.9 Å². The van der Waals surface area contributed by atoms with Gasteiger partial charge in [-0.15, -0.1) is 0 Å². The second-order valence-electron chi connectivity index (χ2n) is 7.09. The summed E-state index contributed by atoms with van der Waals surface area (Å²) in [5.41, 5.74) is 1.27. The third-order valence-electron chi connectivity index (χ3n) is 4.55. The predicted molar refractivity (Wildman–Crippen MR) is 122 cm³/mol. The summed E-state index contributed by atoms with van der Waals surface area (Å²) in [5.74, 6) is 0.0518. The SMILES string of the molecule is O=C(/C=C/c1ccc(Oc2cccnc2)c(F)c1)NCc1ccc(Oc2ccc(F)cc2)nc1. The Balaban J connectivity index is 1.27. The van der Waals surface area contributed by atoms with Gasteiger partial charge in [0.15, 0.2) is 11.6 Å². The van der Waals surface area contributed by atoms with Crippen LogP contribution in [0, 0.1) is 11.6 Å². The molecule has 0 radical (unpaired) electrons. The van der Waals surface area contributed by atoms with Gasteiger partial charge in [-0.05, 0) is 65.7 Å². The minimum absolute atomic E-state index is 0.0638. The molecule has 4 aromatic rings. The molecular weight excluding hydrogens is 440 g/mol. The van der Waals surface area contributed by atoms with Gasteiger partial charge in [0, 0.05) is 31.1 Å². The van der Waals surface area contributed by atoms with Crippen LogP contribution in [0.1, 0.15) is 11.1 Å². The van der Waals surface area contributed by atoms with E-state index in [4.69, 9.17) is 9.47 Å². The van der Waals surface area contributed by atoms with Crippen molar-refractivity contribution in [2.75, 3.05) is 0 Å². The molecule has 0 aliphatic heterocycles. The number of benzene rings is 2. The van der Waals surface area contributed by atoms with Gasteiger partial charge in [-0.2, -0.15) is 0 Å². The lowest BCUT2D eigenvalue weighted by molar-refractivity contribution is -0.116. The molecule has 0 bridgehead atoms. The van der Waals surface area contributed by atoms with Gasteiger partial charge in [0.25, 0.3) is 0 Å². The van der Waals surface area contributed by atoms with Crippen LogP contribution in [0.15, 0.2) is 91.4 Å². The lowest BCUT2D eigenvalue weighted by Crippen LogP contribution is -2.20. The van der Waals surface area contributed by atoms with Gasteiger partial charge in [0.2, 0.25) is 11.8 Å². The van der Waals surface area contributed by atoms with E-state index in [1.807, 2.05) is 0 Å². The van der Waals surface area contributed by atoms with Crippen molar-refractivity contribution in [1.29, 1.82) is 0 Å². The Morgan fingerprint density at radius 3 is 2.50 bits per heavy atom. The zero-order valence-corrected chi connectivity index (χ0v) is 17.8. The zero-order valence-electron chi connectivity index (χ0n) is 17.8. The number of carbonyl (C=O) groups excluding carboxylic acids is 1. The molecule has 2 aromatic carbocycles. The number of nitrogens with one attached hydrogen (secondary N) is 1. The summed E-state index contributed by atoms with van der Waals surface area (Å²) in [4.78, 5) is 20.2. The van der Waals surface area contributed by atoms with Gasteiger partial charge in [0.1, 0.15) is 17.3 Å². The number of pyridine rings is 2. The Bertz CT molecular complexity index is 1280. The van der Waals surface area contributed by atoms with E-state index >= 15 is 0 Å². The Hall–Kier alpha value is -4.59. The number of hydrogen-bond donors (Lipinski definition) is 1. The number of ether oxygens (including phenoxy) is 2. The van der Waals surface area contributed by atoms with Crippen molar-refractivity contribution in [2.45, 2.75) is 6.54 Å². The van der Waals surface area contributed by atoms with Crippen LogP contribution in [0.5, 0.6) is 23.1 Å². The molecule has 0 spiro atoms. The molecule has 0 unspecified atom stereocenters. The fraction of sp³-hybridized carbons (Fsp3) is 0.0385. The Morgan fingerprint density at radius 2 is 1.79 bits per heavy atom. The fourth-order valence-electron chi connectivity index (χ4n) is 2.86. The van der Waals surface area contributed by atoms with E-state index in [2.05, 4.69) is 15.3 Å². The summed E-state index contributed by atoms with van der Waals surface area (Å²) in [6.45, 7) is 0.249. The standard InChI is InChI=1S/C26H19F2N3O3/c27-20-6-8-21(9-7-20)34-26-12-5-19(16-31-26)15-30-25(32)11-4-18-3-10-24(23(28)14-18)33-22-2-1-13-29-17-22/h1-14,16-17H,15H2,(H,30,32)/b11-4+. The van der Waals surface area contributed by atoms with Crippen LogP contribution in [0.3, 0.4) is 0 Å². The number of rotatable bonds is 8. The Kier molecular flexibility index (Phi) is 7.19. The molecule has 0 saturated carbocycles. The second-order valence-corrected chi connectivity index (χ2v) is 7.09. The van der Waals surface area contributed by atoms with Crippen molar-refractivity contribution in [1.82, 2.24) is 15.3 Å². The quantitative estimate of drug-likeness (QED) is 0.344. The monoisotopic (exact) mass is 459 g/mol. The molecule has 0 atom stereocenters. The van der Waals surface area contributed by atoms with Gasteiger partial charge in [-0.3, -0.25) is 9.78 Å². The molecule has 0 fully saturated rings. The second kappa shape index (κ2) is 10.8. The van der Waals surface area contributed by atoms with Crippen LogP contribution < -0.4 is 14.8 Å². The van der Waals surface area contributed by atoms with E-state index in [-0.39, 0.29) is 24.0 Å². The highest BCUT2D eigenvalue weighted by molar-refractivity contribution is 5.91. The highest BCUT2D eigenvalue weighted by atomic mass is 19.1. The highest BCUT2D eigenvalue weighted by Gasteiger charge is 2.06. The normalized spacial score (nSPS) is 10.8. The maximum atomic E-state index is 14.3. The molecule has 170 valence electrons. The summed E-state index contributed by atoms with van der Waals surface area (Å²) >= 11 is 0. The minimum Gasteiger partial charge on any atom is -0.453 e. The van der Waals surface area contributed by atoms with Gasteiger partial charge in [-0.1, -0.05) is 12.1 Å². The van der Waals surface area contributed by atoms with E-state index in [9.17, 15) is 13.6 Å². The van der Waals surface area contributed by atoms with Crippen molar-refractivity contribution in [3.8, 4) is 23.1 Å². The first-order valence-corrected chi connectivity index (χ1v) is 10.3. The van der Waals surface area contributed by atoms with Gasteiger partial charge in [0.05, 0.1) is 6.20 Å². The lowest BCUT2D eigenvalue weighted by atomic mass is 10.2. The number of nitrogens with zero attached hydrogens (tertiary/aromatic N) is 2. The van der Waals surface area contributed by atoms with Gasteiger partial charge in [-0.25, -0.2) is 13.8 Å². The van der Waals surface area contributed by atoms with Crippen molar-refractivity contribution in [2.24, 2.45) is 0 Å². The van der Waals surface area contributed by atoms with Crippen LogP contribution in [0.4, 0.5) is 8.78 Å². The fourth-order valence-corrected chi connectivity index (χ4v) is 2.86. The van der Waals surface area contributed by atoms with Crippen molar-refractivity contribution in [3.05, 3.63) is 114 Å². The van der Waals surface area contributed by atoms with Gasteiger partial charge < -0.3 is 14.8 Å². The molecule has 0 saturated heterocycles. The Labute approximate surface area is 194 Å². The summed E-state index contributed by atoms with van der Waals surface area (Å²) < 4.78 is 38.2. The number of hydrogen-bond acceptors (Lipinski definition) is 5.